The summed E-state index contributed by atoms with van der Waals surface area (Å²) in [5, 5.41) is 6.24. The number of benzene rings is 2. The van der Waals surface area contributed by atoms with Crippen LogP contribution >= 0.6 is 0 Å². The van der Waals surface area contributed by atoms with E-state index in [2.05, 4.69) is 86.8 Å². The Morgan fingerprint density at radius 1 is 0.886 bits per heavy atom. The second-order valence-corrected chi connectivity index (χ2v) is 16.8. The van der Waals surface area contributed by atoms with Crippen molar-refractivity contribution in [2.24, 2.45) is 5.92 Å². The molecule has 188 valence electrons. The van der Waals surface area contributed by atoms with E-state index in [0.717, 1.165) is 19.4 Å². The van der Waals surface area contributed by atoms with Crippen LogP contribution in [0.4, 0.5) is 4.79 Å². The Morgan fingerprint density at radius 2 is 1.43 bits per heavy atom. The Hall–Kier alpha value is -2.15. The molecular weight excluding hydrogens is 452 g/mol. The molecule has 3 heterocycles. The van der Waals surface area contributed by atoms with E-state index in [9.17, 15) is 4.79 Å². The zero-order valence-corrected chi connectivity index (χ0v) is 23.0. The minimum Gasteiger partial charge on any atom is -0.444 e. The van der Waals surface area contributed by atoms with Crippen molar-refractivity contribution in [3.8, 4) is 0 Å². The van der Waals surface area contributed by atoms with Gasteiger partial charge in [0, 0.05) is 0 Å². The number of hydrogen-bond donors (Lipinski definition) is 1. The highest BCUT2D eigenvalue weighted by Crippen LogP contribution is 2.47. The molecule has 3 bridgehead atoms. The summed E-state index contributed by atoms with van der Waals surface area (Å²) in [5.74, 6) is 0.577. The molecule has 3 aliphatic rings. The molecule has 3 aliphatic heterocycles. The Morgan fingerprint density at radius 3 is 1.94 bits per heavy atom. The van der Waals surface area contributed by atoms with Crippen molar-refractivity contribution in [1.29, 1.82) is 0 Å². The van der Waals surface area contributed by atoms with Crippen LogP contribution in [-0.2, 0) is 9.16 Å². The molecule has 0 aromatic heterocycles. The summed E-state index contributed by atoms with van der Waals surface area (Å²) < 4.78 is 13.5. The van der Waals surface area contributed by atoms with Crippen LogP contribution in [0, 0.1) is 5.92 Å². The number of carbonyl (C=O) groups is 1. The van der Waals surface area contributed by atoms with E-state index in [4.69, 9.17) is 9.16 Å². The van der Waals surface area contributed by atoms with Crippen molar-refractivity contribution in [2.75, 3.05) is 6.54 Å². The molecule has 6 heteroatoms. The Labute approximate surface area is 211 Å². The summed E-state index contributed by atoms with van der Waals surface area (Å²) in [4.78, 5) is 15.5. The third-order valence-electron chi connectivity index (χ3n) is 7.99. The molecule has 1 N–H and O–H groups in total. The number of amides is 1. The molecule has 0 saturated carbocycles. The molecule has 0 unspecified atom stereocenters. The lowest BCUT2D eigenvalue weighted by molar-refractivity contribution is -0.00693. The van der Waals surface area contributed by atoms with Crippen molar-refractivity contribution in [3.05, 3.63) is 60.7 Å². The number of fused-ring (bicyclic) bond motifs is 2. The van der Waals surface area contributed by atoms with Crippen LogP contribution in [0.2, 0.25) is 5.04 Å². The molecule has 5 rings (SSSR count). The van der Waals surface area contributed by atoms with Crippen molar-refractivity contribution < 1.29 is 14.0 Å². The summed E-state index contributed by atoms with van der Waals surface area (Å²) in [7, 11) is -2.74. The number of nitrogens with one attached hydrogen (secondary N) is 1. The molecule has 0 spiro atoms. The first kappa shape index (κ1) is 24.5. The highest BCUT2D eigenvalue weighted by molar-refractivity contribution is 6.99. The van der Waals surface area contributed by atoms with Gasteiger partial charge in [0.15, 0.2) is 0 Å². The Balaban J connectivity index is 1.60. The first-order chi connectivity index (χ1) is 16.5. The zero-order chi connectivity index (χ0) is 25.0. The molecule has 35 heavy (non-hydrogen) atoms. The molecule has 3 fully saturated rings. The molecule has 2 aromatic rings. The smallest absolute Gasteiger partial charge is 0.410 e. The van der Waals surface area contributed by atoms with E-state index in [1.807, 2.05) is 25.7 Å². The molecule has 2 aromatic carbocycles. The minimum atomic E-state index is -2.74. The van der Waals surface area contributed by atoms with Crippen LogP contribution in [-0.4, -0.2) is 55.7 Å². The number of hydrogen-bond acceptors (Lipinski definition) is 4. The molecule has 0 radical (unpaired) electrons. The van der Waals surface area contributed by atoms with E-state index in [0.29, 0.717) is 5.92 Å². The van der Waals surface area contributed by atoms with E-state index in [1.54, 1.807) is 0 Å². The van der Waals surface area contributed by atoms with Gasteiger partial charge in [0.1, 0.15) is 5.60 Å². The zero-order valence-electron chi connectivity index (χ0n) is 22.0. The summed E-state index contributed by atoms with van der Waals surface area (Å²) in [6.45, 7) is 13.8. The van der Waals surface area contributed by atoms with E-state index in [-0.39, 0.29) is 35.4 Å². The van der Waals surface area contributed by atoms with E-state index in [1.165, 1.54) is 10.4 Å². The second kappa shape index (κ2) is 8.75. The fraction of sp³-hybridized carbons (Fsp3) is 0.552. The van der Waals surface area contributed by atoms with Gasteiger partial charge in [-0.3, -0.25) is 4.90 Å². The Kier molecular flexibility index (Phi) is 6.13. The maximum Gasteiger partial charge on any atom is 0.410 e. The van der Waals surface area contributed by atoms with Gasteiger partial charge in [0.25, 0.3) is 8.32 Å². The number of nitrogens with zero attached hydrogens (tertiary/aromatic N) is 1. The Bertz CT molecular complexity index is 1010. The van der Waals surface area contributed by atoms with E-state index < -0.39 is 13.9 Å². The highest BCUT2D eigenvalue weighted by Gasteiger charge is 2.62. The summed E-state index contributed by atoms with van der Waals surface area (Å²) in [5.41, 5.74) is -0.519. The van der Waals surface area contributed by atoms with Crippen molar-refractivity contribution in [3.63, 3.8) is 0 Å². The van der Waals surface area contributed by atoms with Crippen LogP contribution in [0.5, 0.6) is 0 Å². The predicted octanol–water partition coefficient (Wildman–Crippen LogP) is 4.30. The lowest BCUT2D eigenvalue weighted by Crippen LogP contribution is -2.69. The van der Waals surface area contributed by atoms with Crippen LogP contribution in [0.3, 0.4) is 0 Å². The van der Waals surface area contributed by atoms with Gasteiger partial charge in [-0.2, -0.15) is 0 Å². The lowest BCUT2D eigenvalue weighted by Gasteiger charge is -2.46. The van der Waals surface area contributed by atoms with Gasteiger partial charge in [0.2, 0.25) is 0 Å². The molecule has 0 aliphatic carbocycles. The van der Waals surface area contributed by atoms with Gasteiger partial charge in [-0.1, -0.05) is 81.4 Å². The van der Waals surface area contributed by atoms with Crippen molar-refractivity contribution in [2.45, 2.75) is 89.3 Å². The van der Waals surface area contributed by atoms with Gasteiger partial charge in [0.05, 0.1) is 24.2 Å². The maximum absolute atomic E-state index is 13.4. The quantitative estimate of drug-likeness (QED) is 0.647. The predicted molar refractivity (Wildman–Crippen MR) is 143 cm³/mol. The lowest BCUT2D eigenvalue weighted by atomic mass is 9.88. The summed E-state index contributed by atoms with van der Waals surface area (Å²) in [6, 6.07) is 21.9. The first-order valence-corrected chi connectivity index (χ1v) is 15.0. The second-order valence-electron chi connectivity index (χ2n) is 12.5. The minimum absolute atomic E-state index is 0.0234. The van der Waals surface area contributed by atoms with Crippen LogP contribution in [0.25, 0.3) is 0 Å². The van der Waals surface area contributed by atoms with Crippen molar-refractivity contribution in [1.82, 2.24) is 10.2 Å². The van der Waals surface area contributed by atoms with Gasteiger partial charge in [-0.15, -0.1) is 0 Å². The standard InChI is InChI=1S/C29H40N2O3Si/c1-28(2,3)33-27(32)31-23-17-20-18-24(31)26(25(23)30-19-20)34-35(29(4,5)6,21-13-9-7-10-14-21)22-15-11-8-12-16-22/h7-16,20,23-26,30H,17-19H2,1-6H3/t20-,23+,24+,25-,26-/m0/s1. The average molecular weight is 493 g/mol. The topological polar surface area (TPSA) is 50.8 Å². The van der Waals surface area contributed by atoms with Gasteiger partial charge in [-0.25, -0.2) is 4.79 Å². The molecule has 1 amide bonds. The number of ether oxygens (including phenoxy) is 1. The van der Waals surface area contributed by atoms with Gasteiger partial charge in [-0.05, 0) is 61.5 Å². The normalized spacial score (nSPS) is 28.3. The van der Waals surface area contributed by atoms with E-state index >= 15 is 0 Å². The SMILES string of the molecule is CC(C)(C)OC(=O)N1[C@@H]2C[C@@H]3CN[C@@H]2[C@@H](O[Si](c2ccccc2)(c2ccccc2)C(C)(C)C)[C@H]1C3. The maximum atomic E-state index is 13.4. The average Bonchev–Trinajstić information content (AvgIpc) is 2.88. The summed E-state index contributed by atoms with van der Waals surface area (Å²) in [6.07, 6.45) is 1.70. The molecule has 5 nitrogen and oxygen atoms in total. The third kappa shape index (κ3) is 4.24. The molecule has 5 atom stereocenters. The number of piperidine rings is 2. The number of rotatable bonds is 4. The van der Waals surface area contributed by atoms with Crippen LogP contribution in [0.15, 0.2) is 60.7 Å². The molecule has 3 saturated heterocycles. The van der Waals surface area contributed by atoms with Gasteiger partial charge >= 0.3 is 6.09 Å². The highest BCUT2D eigenvalue weighted by atomic mass is 28.4. The molecular formula is C29H40N2O3Si. The van der Waals surface area contributed by atoms with Crippen LogP contribution in [0.1, 0.15) is 54.4 Å². The van der Waals surface area contributed by atoms with Gasteiger partial charge < -0.3 is 14.5 Å². The summed E-state index contributed by atoms with van der Waals surface area (Å²) >= 11 is 0. The van der Waals surface area contributed by atoms with Crippen LogP contribution < -0.4 is 15.7 Å². The largest absolute Gasteiger partial charge is 0.444 e. The monoisotopic (exact) mass is 492 g/mol. The fourth-order valence-electron chi connectivity index (χ4n) is 6.68. The number of carbonyl (C=O) groups excluding carboxylic acids is 1. The fourth-order valence-corrected chi connectivity index (χ4v) is 11.4. The first-order valence-electron chi connectivity index (χ1n) is 13.0. The third-order valence-corrected chi connectivity index (χ3v) is 13.0. The van der Waals surface area contributed by atoms with Crippen molar-refractivity contribution >= 4 is 24.8 Å².